The van der Waals surface area contributed by atoms with Gasteiger partial charge in [-0.15, -0.1) is 0 Å². The minimum absolute atomic E-state index is 0.0189. The van der Waals surface area contributed by atoms with Crippen LogP contribution in [0.4, 0.5) is 0 Å². The average Bonchev–Trinajstić information content (AvgIpc) is 2.84. The Bertz CT molecular complexity index is 687. The summed E-state index contributed by atoms with van der Waals surface area (Å²) in [6, 6.07) is 13.7. The normalized spacial score (nSPS) is 15.3. The number of amides is 1. The number of rotatable bonds is 3. The van der Waals surface area contributed by atoms with Crippen LogP contribution in [-0.2, 0) is 0 Å². The molecule has 1 N–H and O–H groups in total. The number of benzene rings is 1. The molecule has 1 fully saturated rings. The third-order valence-corrected chi connectivity index (χ3v) is 5.01. The lowest BCUT2D eigenvalue weighted by Crippen LogP contribution is -2.34. The Morgan fingerprint density at radius 2 is 2.04 bits per heavy atom. The van der Waals surface area contributed by atoms with Crippen LogP contribution in [0.1, 0.15) is 16.9 Å². The minimum Gasteiger partial charge on any atom is -0.336 e. The lowest BCUT2D eigenvalue weighted by atomic mass is 10.3. The summed E-state index contributed by atoms with van der Waals surface area (Å²) >= 11 is 5.03. The predicted molar refractivity (Wildman–Crippen MR) is 95.9 cm³/mol. The zero-order valence-corrected chi connectivity index (χ0v) is 15.1. The Hall–Kier alpha value is -1.37. The molecule has 120 valence electrons. The van der Waals surface area contributed by atoms with E-state index in [1.165, 1.54) is 0 Å². The van der Waals surface area contributed by atoms with E-state index in [0.29, 0.717) is 5.69 Å². The summed E-state index contributed by atoms with van der Waals surface area (Å²) in [5.41, 5.74) is 0.520. The molecule has 3 rings (SSSR count). The number of aromatic nitrogens is 1. The number of halogens is 1. The Morgan fingerprint density at radius 3 is 2.91 bits per heavy atom. The summed E-state index contributed by atoms with van der Waals surface area (Å²) in [6.07, 6.45) is 0.984. The molecule has 0 unspecified atom stereocenters. The van der Waals surface area contributed by atoms with E-state index < -0.39 is 0 Å². The second-order valence-electron chi connectivity index (χ2n) is 5.32. The summed E-state index contributed by atoms with van der Waals surface area (Å²) in [6.45, 7) is 3.34. The first-order valence-electron chi connectivity index (χ1n) is 7.63. The lowest BCUT2D eigenvalue weighted by Gasteiger charge is -2.19. The molecule has 1 aromatic carbocycles. The molecule has 1 saturated heterocycles. The van der Waals surface area contributed by atoms with Crippen molar-refractivity contribution in [2.45, 2.75) is 16.3 Å². The Kier molecular flexibility index (Phi) is 5.70. The van der Waals surface area contributed by atoms with Crippen LogP contribution in [0.3, 0.4) is 0 Å². The van der Waals surface area contributed by atoms with Gasteiger partial charge in [0.05, 0.1) is 0 Å². The summed E-state index contributed by atoms with van der Waals surface area (Å²) in [4.78, 5) is 20.1. The third-order valence-electron chi connectivity index (χ3n) is 3.59. The molecule has 2 aromatic rings. The van der Waals surface area contributed by atoms with Gasteiger partial charge in [0, 0.05) is 29.0 Å². The van der Waals surface area contributed by atoms with Crippen LogP contribution in [-0.4, -0.2) is 42.0 Å². The van der Waals surface area contributed by atoms with Gasteiger partial charge in [0.1, 0.15) is 10.7 Å². The molecule has 6 heteroatoms. The maximum absolute atomic E-state index is 12.6. The maximum Gasteiger partial charge on any atom is 0.272 e. The minimum atomic E-state index is 0.0189. The molecule has 0 aliphatic carbocycles. The zero-order chi connectivity index (χ0) is 16.1. The fraction of sp³-hybridized carbons (Fsp3) is 0.294. The number of nitrogens with zero attached hydrogens (tertiary/aromatic N) is 2. The van der Waals surface area contributed by atoms with Crippen LogP contribution in [0, 0.1) is 0 Å². The molecular formula is C17H18BrN3OS. The van der Waals surface area contributed by atoms with E-state index in [1.807, 2.05) is 41.3 Å². The largest absolute Gasteiger partial charge is 0.336 e. The van der Waals surface area contributed by atoms with Crippen molar-refractivity contribution in [1.82, 2.24) is 15.2 Å². The van der Waals surface area contributed by atoms with Gasteiger partial charge in [-0.05, 0) is 43.3 Å². The molecule has 0 bridgehead atoms. The number of carbonyl (C=O) groups is 1. The van der Waals surface area contributed by atoms with E-state index in [1.54, 1.807) is 17.8 Å². The molecule has 0 spiro atoms. The molecule has 0 atom stereocenters. The highest BCUT2D eigenvalue weighted by Gasteiger charge is 2.18. The van der Waals surface area contributed by atoms with Gasteiger partial charge in [-0.2, -0.15) is 0 Å². The lowest BCUT2D eigenvalue weighted by molar-refractivity contribution is 0.0760. The van der Waals surface area contributed by atoms with Crippen LogP contribution < -0.4 is 5.32 Å². The standard InChI is InChI=1S/C17H18BrN3OS/c18-13-4-1-5-14(12-13)23-16-7-2-6-15(20-16)17(22)21-10-3-8-19-9-11-21/h1-2,4-7,12,19H,3,8-11H2. The molecule has 1 aliphatic heterocycles. The van der Waals surface area contributed by atoms with Crippen LogP contribution >= 0.6 is 27.7 Å². The highest BCUT2D eigenvalue weighted by Crippen LogP contribution is 2.28. The fourth-order valence-corrected chi connectivity index (χ4v) is 3.87. The van der Waals surface area contributed by atoms with E-state index in [4.69, 9.17) is 0 Å². The van der Waals surface area contributed by atoms with E-state index in [2.05, 4.69) is 26.2 Å². The van der Waals surface area contributed by atoms with Crippen molar-refractivity contribution < 1.29 is 4.79 Å². The summed E-state index contributed by atoms with van der Waals surface area (Å²) in [7, 11) is 0. The molecule has 1 amide bonds. The van der Waals surface area contributed by atoms with Gasteiger partial charge in [-0.1, -0.05) is 39.8 Å². The summed E-state index contributed by atoms with van der Waals surface area (Å²) < 4.78 is 1.03. The number of pyridine rings is 1. The van der Waals surface area contributed by atoms with Crippen LogP contribution in [0.2, 0.25) is 0 Å². The van der Waals surface area contributed by atoms with E-state index in [0.717, 1.165) is 47.0 Å². The molecular weight excluding hydrogens is 374 g/mol. The third kappa shape index (κ3) is 4.56. The number of nitrogens with one attached hydrogen (secondary N) is 1. The molecule has 1 aromatic heterocycles. The van der Waals surface area contributed by atoms with Gasteiger partial charge in [-0.3, -0.25) is 4.79 Å². The second kappa shape index (κ2) is 7.95. The topological polar surface area (TPSA) is 45.2 Å². The van der Waals surface area contributed by atoms with Crippen LogP contribution in [0.25, 0.3) is 0 Å². The van der Waals surface area contributed by atoms with Gasteiger partial charge >= 0.3 is 0 Å². The Labute approximate surface area is 148 Å². The van der Waals surface area contributed by atoms with Crippen molar-refractivity contribution in [3.63, 3.8) is 0 Å². The predicted octanol–water partition coefficient (Wildman–Crippen LogP) is 3.43. The van der Waals surface area contributed by atoms with Crippen molar-refractivity contribution in [3.8, 4) is 0 Å². The first kappa shape index (κ1) is 16.5. The first-order valence-corrected chi connectivity index (χ1v) is 9.24. The zero-order valence-electron chi connectivity index (χ0n) is 12.7. The first-order chi connectivity index (χ1) is 11.2. The van der Waals surface area contributed by atoms with Gasteiger partial charge in [-0.25, -0.2) is 4.98 Å². The van der Waals surface area contributed by atoms with Gasteiger partial charge in [0.25, 0.3) is 5.91 Å². The number of hydrogen-bond donors (Lipinski definition) is 1. The molecule has 0 radical (unpaired) electrons. The summed E-state index contributed by atoms with van der Waals surface area (Å²) in [5.74, 6) is 0.0189. The van der Waals surface area contributed by atoms with E-state index in [-0.39, 0.29) is 5.91 Å². The van der Waals surface area contributed by atoms with Gasteiger partial charge in [0.15, 0.2) is 0 Å². The van der Waals surface area contributed by atoms with Gasteiger partial charge in [0.2, 0.25) is 0 Å². The summed E-state index contributed by atoms with van der Waals surface area (Å²) in [5, 5.41) is 4.15. The van der Waals surface area contributed by atoms with E-state index in [9.17, 15) is 4.79 Å². The second-order valence-corrected chi connectivity index (χ2v) is 7.33. The smallest absolute Gasteiger partial charge is 0.272 e. The van der Waals surface area contributed by atoms with Crippen molar-refractivity contribution in [3.05, 3.63) is 52.6 Å². The Morgan fingerprint density at radius 1 is 1.17 bits per heavy atom. The highest BCUT2D eigenvalue weighted by molar-refractivity contribution is 9.10. The van der Waals surface area contributed by atoms with Crippen molar-refractivity contribution in [1.29, 1.82) is 0 Å². The molecule has 1 aliphatic rings. The average molecular weight is 392 g/mol. The van der Waals surface area contributed by atoms with Crippen molar-refractivity contribution in [2.24, 2.45) is 0 Å². The number of carbonyl (C=O) groups excluding carboxylic acids is 1. The van der Waals surface area contributed by atoms with Gasteiger partial charge < -0.3 is 10.2 Å². The molecule has 2 heterocycles. The fourth-order valence-electron chi connectivity index (χ4n) is 2.45. The molecule has 4 nitrogen and oxygen atoms in total. The molecule has 23 heavy (non-hydrogen) atoms. The number of hydrogen-bond acceptors (Lipinski definition) is 4. The van der Waals surface area contributed by atoms with Crippen molar-refractivity contribution >= 4 is 33.6 Å². The van der Waals surface area contributed by atoms with E-state index >= 15 is 0 Å². The monoisotopic (exact) mass is 391 g/mol. The van der Waals surface area contributed by atoms with Crippen LogP contribution in [0.5, 0.6) is 0 Å². The molecule has 0 saturated carbocycles. The SMILES string of the molecule is O=C(c1cccc(Sc2cccc(Br)c2)n1)N1CCCNCC1. The highest BCUT2D eigenvalue weighted by atomic mass is 79.9. The quantitative estimate of drug-likeness (QED) is 0.870. The van der Waals surface area contributed by atoms with Crippen LogP contribution in [0.15, 0.2) is 56.9 Å². The Balaban J connectivity index is 1.75. The maximum atomic E-state index is 12.6. The van der Waals surface area contributed by atoms with Crippen molar-refractivity contribution in [2.75, 3.05) is 26.2 Å².